The van der Waals surface area contributed by atoms with Crippen molar-refractivity contribution in [1.82, 2.24) is 4.90 Å². The highest BCUT2D eigenvalue weighted by atomic mass is 35.5. The minimum absolute atomic E-state index is 0.128. The Hall–Kier alpha value is -1.17. The Morgan fingerprint density at radius 3 is 3.16 bits per heavy atom. The zero-order valence-corrected chi connectivity index (χ0v) is 11.3. The smallest absolute Gasteiger partial charge is 0.336 e. The van der Waals surface area contributed by atoms with Crippen molar-refractivity contribution in [2.45, 2.75) is 12.6 Å². The van der Waals surface area contributed by atoms with Crippen molar-refractivity contribution >= 4 is 17.6 Å². The van der Waals surface area contributed by atoms with Gasteiger partial charge in [-0.2, -0.15) is 0 Å². The van der Waals surface area contributed by atoms with E-state index in [2.05, 4.69) is 4.74 Å². The van der Waals surface area contributed by atoms with E-state index in [1.807, 2.05) is 4.90 Å². The van der Waals surface area contributed by atoms with E-state index in [1.54, 1.807) is 12.1 Å². The molecule has 1 saturated heterocycles. The first-order valence-corrected chi connectivity index (χ1v) is 6.34. The third-order valence-corrected chi connectivity index (χ3v) is 3.46. The molecule has 0 radical (unpaired) electrons. The van der Waals surface area contributed by atoms with E-state index in [9.17, 15) is 9.18 Å². The standard InChI is InChI=1S/C13H15ClFNO3/c1-18-13(17)11-8-16(5-6-19-11)7-9-3-2-4-10(15)12(9)14/h2-4,11H,5-8H2,1H3. The van der Waals surface area contributed by atoms with Gasteiger partial charge in [-0.25, -0.2) is 9.18 Å². The normalized spacial score (nSPS) is 20.3. The van der Waals surface area contributed by atoms with E-state index >= 15 is 0 Å². The molecule has 0 bridgehead atoms. The fourth-order valence-corrected chi connectivity index (χ4v) is 2.22. The maximum absolute atomic E-state index is 13.3. The Morgan fingerprint density at radius 1 is 1.63 bits per heavy atom. The first-order valence-electron chi connectivity index (χ1n) is 5.96. The van der Waals surface area contributed by atoms with Crippen molar-refractivity contribution in [3.63, 3.8) is 0 Å². The molecule has 0 saturated carbocycles. The minimum Gasteiger partial charge on any atom is -0.467 e. The van der Waals surface area contributed by atoms with Crippen LogP contribution in [0.25, 0.3) is 0 Å². The molecule has 1 atom stereocenters. The highest BCUT2D eigenvalue weighted by Gasteiger charge is 2.27. The Balaban J connectivity index is 2.03. The van der Waals surface area contributed by atoms with E-state index in [4.69, 9.17) is 16.3 Å². The molecule has 1 aromatic carbocycles. The van der Waals surface area contributed by atoms with E-state index < -0.39 is 17.9 Å². The minimum atomic E-state index is -0.592. The largest absolute Gasteiger partial charge is 0.467 e. The summed E-state index contributed by atoms with van der Waals surface area (Å²) < 4.78 is 23.3. The van der Waals surface area contributed by atoms with Crippen molar-refractivity contribution in [3.05, 3.63) is 34.6 Å². The molecule has 4 nitrogen and oxygen atoms in total. The quantitative estimate of drug-likeness (QED) is 0.796. The molecule has 19 heavy (non-hydrogen) atoms. The van der Waals surface area contributed by atoms with Gasteiger partial charge in [0.2, 0.25) is 0 Å². The fourth-order valence-electron chi connectivity index (χ4n) is 2.03. The van der Waals surface area contributed by atoms with Gasteiger partial charge in [0.15, 0.2) is 6.10 Å². The topological polar surface area (TPSA) is 38.8 Å². The summed E-state index contributed by atoms with van der Waals surface area (Å²) in [7, 11) is 1.33. The van der Waals surface area contributed by atoms with Gasteiger partial charge >= 0.3 is 5.97 Å². The van der Waals surface area contributed by atoms with Crippen LogP contribution in [0.2, 0.25) is 5.02 Å². The molecule has 1 unspecified atom stereocenters. The van der Waals surface area contributed by atoms with Crippen LogP contribution in [0.1, 0.15) is 5.56 Å². The third kappa shape index (κ3) is 3.43. The Morgan fingerprint density at radius 2 is 2.42 bits per heavy atom. The lowest BCUT2D eigenvalue weighted by Gasteiger charge is -2.31. The van der Waals surface area contributed by atoms with Crippen LogP contribution in [0.5, 0.6) is 0 Å². The van der Waals surface area contributed by atoms with Crippen LogP contribution in [0.4, 0.5) is 4.39 Å². The van der Waals surface area contributed by atoms with Crippen LogP contribution >= 0.6 is 11.6 Å². The molecule has 0 amide bonds. The average Bonchev–Trinajstić information content (AvgIpc) is 2.43. The number of carbonyl (C=O) groups excluding carboxylic acids is 1. The van der Waals surface area contributed by atoms with Crippen molar-refractivity contribution in [1.29, 1.82) is 0 Å². The van der Waals surface area contributed by atoms with Crippen LogP contribution in [-0.2, 0) is 20.8 Å². The van der Waals surface area contributed by atoms with Gasteiger partial charge in [0.25, 0.3) is 0 Å². The van der Waals surface area contributed by atoms with Gasteiger partial charge < -0.3 is 9.47 Å². The van der Waals surface area contributed by atoms with Crippen LogP contribution in [0.15, 0.2) is 18.2 Å². The Kier molecular flexibility index (Phi) is 4.74. The number of hydrogen-bond acceptors (Lipinski definition) is 4. The number of methoxy groups -OCH3 is 1. The van der Waals surface area contributed by atoms with Crippen molar-refractivity contribution in [3.8, 4) is 0 Å². The maximum Gasteiger partial charge on any atom is 0.336 e. The summed E-state index contributed by atoms with van der Waals surface area (Å²) in [5.41, 5.74) is 0.701. The van der Waals surface area contributed by atoms with Gasteiger partial charge in [0.1, 0.15) is 5.82 Å². The molecule has 0 spiro atoms. The number of hydrogen-bond donors (Lipinski definition) is 0. The average molecular weight is 288 g/mol. The number of benzene rings is 1. The lowest BCUT2D eigenvalue weighted by molar-refractivity contribution is -0.160. The summed E-state index contributed by atoms with van der Waals surface area (Å²) in [5.74, 6) is -0.827. The summed E-state index contributed by atoms with van der Waals surface area (Å²) in [6.07, 6.45) is -0.592. The lowest BCUT2D eigenvalue weighted by atomic mass is 10.2. The summed E-state index contributed by atoms with van der Waals surface area (Å²) in [6, 6.07) is 4.71. The van der Waals surface area contributed by atoms with Crippen molar-refractivity contribution < 1.29 is 18.7 Å². The highest BCUT2D eigenvalue weighted by Crippen LogP contribution is 2.22. The van der Waals surface area contributed by atoms with Gasteiger partial charge in [-0.1, -0.05) is 23.7 Å². The van der Waals surface area contributed by atoms with Crippen molar-refractivity contribution in [2.75, 3.05) is 26.8 Å². The molecule has 1 aliphatic heterocycles. The van der Waals surface area contributed by atoms with E-state index in [1.165, 1.54) is 13.2 Å². The van der Waals surface area contributed by atoms with E-state index in [-0.39, 0.29) is 5.02 Å². The molecule has 1 aromatic rings. The predicted octanol–water partition coefficient (Wildman–Crippen LogP) is 1.85. The molecular weight excluding hydrogens is 273 g/mol. The summed E-state index contributed by atoms with van der Waals surface area (Å²) >= 11 is 5.91. The summed E-state index contributed by atoms with van der Waals surface area (Å²) in [5, 5.41) is 0.128. The van der Waals surface area contributed by atoms with Crippen LogP contribution < -0.4 is 0 Å². The predicted molar refractivity (Wildman–Crippen MR) is 68.4 cm³/mol. The number of nitrogens with zero attached hydrogens (tertiary/aromatic N) is 1. The second-order valence-corrected chi connectivity index (χ2v) is 4.71. The van der Waals surface area contributed by atoms with Crippen LogP contribution in [0.3, 0.4) is 0 Å². The van der Waals surface area contributed by atoms with Gasteiger partial charge in [0.05, 0.1) is 18.7 Å². The van der Waals surface area contributed by atoms with Gasteiger partial charge in [-0.05, 0) is 11.6 Å². The Bertz CT molecular complexity index is 469. The number of rotatable bonds is 3. The summed E-state index contributed by atoms with van der Waals surface area (Å²) in [4.78, 5) is 13.4. The molecule has 6 heteroatoms. The first-order chi connectivity index (χ1) is 9.11. The van der Waals surface area contributed by atoms with Crippen LogP contribution in [0, 0.1) is 5.82 Å². The molecule has 2 rings (SSSR count). The molecule has 0 aliphatic carbocycles. The third-order valence-electron chi connectivity index (χ3n) is 3.04. The molecule has 104 valence electrons. The van der Waals surface area contributed by atoms with Gasteiger partial charge in [-0.15, -0.1) is 0 Å². The van der Waals surface area contributed by atoms with Crippen LogP contribution in [-0.4, -0.2) is 43.8 Å². The molecule has 1 aliphatic rings. The molecule has 1 fully saturated rings. The van der Waals surface area contributed by atoms with E-state index in [0.717, 1.165) is 0 Å². The number of halogens is 2. The second-order valence-electron chi connectivity index (χ2n) is 4.33. The van der Waals surface area contributed by atoms with Crippen molar-refractivity contribution in [2.24, 2.45) is 0 Å². The number of morpholine rings is 1. The highest BCUT2D eigenvalue weighted by molar-refractivity contribution is 6.31. The number of ether oxygens (including phenoxy) is 2. The molecule has 0 aromatic heterocycles. The van der Waals surface area contributed by atoms with Gasteiger partial charge in [-0.3, -0.25) is 4.90 Å². The molecule has 0 N–H and O–H groups in total. The Labute approximate surface area is 116 Å². The molecular formula is C13H15ClFNO3. The number of esters is 1. The monoisotopic (exact) mass is 287 g/mol. The summed E-state index contributed by atoms with van der Waals surface area (Å²) in [6.45, 7) is 2.00. The van der Waals surface area contributed by atoms with Gasteiger partial charge in [0, 0.05) is 19.6 Å². The number of carbonyl (C=O) groups is 1. The van der Waals surface area contributed by atoms with E-state index in [0.29, 0.717) is 31.8 Å². The second kappa shape index (κ2) is 6.32. The zero-order valence-electron chi connectivity index (χ0n) is 10.6. The lowest BCUT2D eigenvalue weighted by Crippen LogP contribution is -2.46. The fraction of sp³-hybridized carbons (Fsp3) is 0.462. The SMILES string of the molecule is COC(=O)C1CN(Cc2cccc(F)c2Cl)CCO1. The maximum atomic E-state index is 13.3. The first kappa shape index (κ1) is 14.2. The molecule has 1 heterocycles. The zero-order chi connectivity index (χ0) is 13.8.